The summed E-state index contributed by atoms with van der Waals surface area (Å²) in [6.07, 6.45) is 1.52. The van der Waals surface area contributed by atoms with Gasteiger partial charge in [0.25, 0.3) is 5.91 Å². The van der Waals surface area contributed by atoms with Gasteiger partial charge in [-0.1, -0.05) is 6.07 Å². The Morgan fingerprint density at radius 1 is 1.15 bits per heavy atom. The molecule has 6 nitrogen and oxygen atoms in total. The molecule has 7 heteroatoms. The number of aromatic nitrogens is 1. The second-order valence-electron chi connectivity index (χ2n) is 3.80. The predicted octanol–water partition coefficient (Wildman–Crippen LogP) is 2.50. The average molecular weight is 337 g/mol. The molecule has 1 heterocycles. The van der Waals surface area contributed by atoms with Gasteiger partial charge in [0.15, 0.2) is 5.75 Å². The van der Waals surface area contributed by atoms with Crippen LogP contribution in [0.3, 0.4) is 0 Å². The number of halogens is 1. The first-order valence-electron chi connectivity index (χ1n) is 5.48. The highest BCUT2D eigenvalue weighted by molar-refractivity contribution is 9.10. The quantitative estimate of drug-likeness (QED) is 0.590. The summed E-state index contributed by atoms with van der Waals surface area (Å²) in [5.41, 5.74) is 0.00586. The number of carboxylic acid groups (broad SMARTS) is 1. The first-order chi connectivity index (χ1) is 9.50. The van der Waals surface area contributed by atoms with Crippen LogP contribution in [0.1, 0.15) is 20.7 Å². The lowest BCUT2D eigenvalue weighted by molar-refractivity contribution is 0.0693. The lowest BCUT2D eigenvalue weighted by atomic mass is 10.1. The molecule has 0 bridgehead atoms. The summed E-state index contributed by atoms with van der Waals surface area (Å²) in [6.45, 7) is 0. The zero-order valence-electron chi connectivity index (χ0n) is 10.0. The minimum atomic E-state index is -1.28. The molecule has 0 spiro atoms. The lowest BCUT2D eigenvalue weighted by Crippen LogP contribution is -2.13. The standard InChI is InChI=1S/C13H9BrN2O4/c14-11-8(4-2-6-15-11)12(18)16-9-5-1-3-7(10(9)17)13(19)20/h1-6,17H,(H,16,18)(H,19,20). The number of pyridine rings is 1. The molecule has 0 unspecified atom stereocenters. The summed E-state index contributed by atoms with van der Waals surface area (Å²) in [5, 5.41) is 21.1. The number of phenols is 1. The van der Waals surface area contributed by atoms with Crippen LogP contribution in [0.25, 0.3) is 0 Å². The Morgan fingerprint density at radius 2 is 1.85 bits per heavy atom. The normalized spacial score (nSPS) is 10.1. The highest BCUT2D eigenvalue weighted by Gasteiger charge is 2.16. The van der Waals surface area contributed by atoms with Gasteiger partial charge < -0.3 is 15.5 Å². The molecule has 3 N–H and O–H groups in total. The van der Waals surface area contributed by atoms with Crippen LogP contribution in [0.4, 0.5) is 5.69 Å². The average Bonchev–Trinajstić information content (AvgIpc) is 2.41. The fourth-order valence-corrected chi connectivity index (χ4v) is 1.99. The van der Waals surface area contributed by atoms with Crippen LogP contribution in [0.5, 0.6) is 5.75 Å². The molecule has 2 aromatic rings. The van der Waals surface area contributed by atoms with E-state index < -0.39 is 17.6 Å². The fourth-order valence-electron chi connectivity index (χ4n) is 1.56. The van der Waals surface area contributed by atoms with Crippen LogP contribution in [-0.2, 0) is 0 Å². The highest BCUT2D eigenvalue weighted by atomic mass is 79.9. The highest BCUT2D eigenvalue weighted by Crippen LogP contribution is 2.28. The van der Waals surface area contributed by atoms with E-state index in [1.807, 2.05) is 0 Å². The van der Waals surface area contributed by atoms with Crippen molar-refractivity contribution in [2.75, 3.05) is 5.32 Å². The molecule has 0 aliphatic heterocycles. The zero-order chi connectivity index (χ0) is 14.7. The van der Waals surface area contributed by atoms with Crippen molar-refractivity contribution in [3.05, 3.63) is 52.3 Å². The van der Waals surface area contributed by atoms with Crippen LogP contribution < -0.4 is 5.32 Å². The van der Waals surface area contributed by atoms with Gasteiger partial charge in [0.05, 0.1) is 11.3 Å². The van der Waals surface area contributed by atoms with E-state index in [4.69, 9.17) is 5.11 Å². The number of rotatable bonds is 3. The number of amides is 1. The molecule has 1 aromatic heterocycles. The SMILES string of the molecule is O=C(Nc1cccc(C(=O)O)c1O)c1cccnc1Br. The minimum absolute atomic E-state index is 0.0191. The van der Waals surface area contributed by atoms with Crippen molar-refractivity contribution >= 4 is 33.5 Å². The number of hydrogen-bond acceptors (Lipinski definition) is 4. The van der Waals surface area contributed by atoms with Crippen molar-refractivity contribution in [3.8, 4) is 5.75 Å². The third kappa shape index (κ3) is 2.77. The monoisotopic (exact) mass is 336 g/mol. The van der Waals surface area contributed by atoms with E-state index in [1.54, 1.807) is 12.1 Å². The van der Waals surface area contributed by atoms with E-state index in [2.05, 4.69) is 26.2 Å². The summed E-state index contributed by atoms with van der Waals surface area (Å²) >= 11 is 3.14. The molecule has 0 radical (unpaired) electrons. The first-order valence-corrected chi connectivity index (χ1v) is 6.27. The van der Waals surface area contributed by atoms with Crippen molar-refractivity contribution in [1.82, 2.24) is 4.98 Å². The fraction of sp³-hybridized carbons (Fsp3) is 0. The van der Waals surface area contributed by atoms with Crippen molar-refractivity contribution in [3.63, 3.8) is 0 Å². The van der Waals surface area contributed by atoms with Crippen molar-refractivity contribution < 1.29 is 19.8 Å². The smallest absolute Gasteiger partial charge is 0.339 e. The number of hydrogen-bond donors (Lipinski definition) is 3. The van der Waals surface area contributed by atoms with Gasteiger partial charge >= 0.3 is 5.97 Å². The third-order valence-corrected chi connectivity index (χ3v) is 3.15. The molecule has 0 aliphatic rings. The molecule has 0 saturated carbocycles. The van der Waals surface area contributed by atoms with Gasteiger partial charge in [0, 0.05) is 6.20 Å². The number of anilines is 1. The molecule has 0 saturated heterocycles. The number of nitrogens with one attached hydrogen (secondary N) is 1. The van der Waals surface area contributed by atoms with Crippen molar-refractivity contribution in [1.29, 1.82) is 0 Å². The number of carboxylic acids is 1. The van der Waals surface area contributed by atoms with Crippen molar-refractivity contribution in [2.45, 2.75) is 0 Å². The van der Waals surface area contributed by atoms with Crippen LogP contribution in [0.15, 0.2) is 41.1 Å². The van der Waals surface area contributed by atoms with Crippen LogP contribution in [-0.4, -0.2) is 27.1 Å². The summed E-state index contributed by atoms with van der Waals surface area (Å²) in [5.74, 6) is -2.28. The van der Waals surface area contributed by atoms with Crippen molar-refractivity contribution in [2.24, 2.45) is 0 Å². The number of aromatic hydroxyl groups is 1. The Morgan fingerprint density at radius 3 is 2.50 bits per heavy atom. The van der Waals surface area contributed by atoms with E-state index in [-0.39, 0.29) is 16.8 Å². The molecule has 0 atom stereocenters. The van der Waals surface area contributed by atoms with E-state index in [0.717, 1.165) is 0 Å². The van der Waals surface area contributed by atoms with Gasteiger partial charge in [0.1, 0.15) is 10.2 Å². The van der Waals surface area contributed by atoms with Gasteiger partial charge in [-0.25, -0.2) is 9.78 Å². The molecular weight excluding hydrogens is 328 g/mol. The number of aromatic carboxylic acids is 1. The number of nitrogens with zero attached hydrogens (tertiary/aromatic N) is 1. The topological polar surface area (TPSA) is 99.5 Å². The second kappa shape index (κ2) is 5.70. The molecular formula is C13H9BrN2O4. The Labute approximate surface area is 122 Å². The van der Waals surface area contributed by atoms with E-state index >= 15 is 0 Å². The van der Waals surface area contributed by atoms with Gasteiger partial charge in [-0.05, 0) is 40.2 Å². The zero-order valence-corrected chi connectivity index (χ0v) is 11.6. The molecule has 1 amide bonds. The molecule has 0 aliphatic carbocycles. The van der Waals surface area contributed by atoms with Crippen LogP contribution >= 0.6 is 15.9 Å². The molecule has 20 heavy (non-hydrogen) atoms. The number of para-hydroxylation sites is 1. The maximum absolute atomic E-state index is 12.0. The van der Waals surface area contributed by atoms with E-state index in [0.29, 0.717) is 4.60 Å². The Hall–Kier alpha value is -2.41. The number of carbonyl (C=O) groups excluding carboxylic acids is 1. The van der Waals surface area contributed by atoms with Gasteiger partial charge in [-0.15, -0.1) is 0 Å². The molecule has 2 rings (SSSR count). The number of benzene rings is 1. The molecule has 0 fully saturated rings. The Bertz CT molecular complexity index is 688. The summed E-state index contributed by atoms with van der Waals surface area (Å²) in [7, 11) is 0. The summed E-state index contributed by atoms with van der Waals surface area (Å²) in [6, 6.07) is 7.21. The van der Waals surface area contributed by atoms with Gasteiger partial charge in [0.2, 0.25) is 0 Å². The maximum atomic E-state index is 12.0. The van der Waals surface area contributed by atoms with Gasteiger partial charge in [-0.2, -0.15) is 0 Å². The minimum Gasteiger partial charge on any atom is -0.505 e. The van der Waals surface area contributed by atoms with Crippen LogP contribution in [0, 0.1) is 0 Å². The lowest BCUT2D eigenvalue weighted by Gasteiger charge is -2.09. The third-order valence-electron chi connectivity index (χ3n) is 2.52. The second-order valence-corrected chi connectivity index (χ2v) is 4.55. The largest absolute Gasteiger partial charge is 0.505 e. The van der Waals surface area contributed by atoms with Gasteiger partial charge in [-0.3, -0.25) is 4.79 Å². The first kappa shape index (κ1) is 14.0. The predicted molar refractivity (Wildman–Crippen MR) is 75.0 cm³/mol. The van der Waals surface area contributed by atoms with E-state index in [1.165, 1.54) is 24.4 Å². The maximum Gasteiger partial charge on any atom is 0.339 e. The molecule has 102 valence electrons. The van der Waals surface area contributed by atoms with E-state index in [9.17, 15) is 14.7 Å². The summed E-state index contributed by atoms with van der Waals surface area (Å²) in [4.78, 5) is 26.8. The Kier molecular flexibility index (Phi) is 3.99. The number of carbonyl (C=O) groups is 2. The van der Waals surface area contributed by atoms with Crippen LogP contribution in [0.2, 0.25) is 0 Å². The Balaban J connectivity index is 2.32. The molecule has 1 aromatic carbocycles. The summed E-state index contributed by atoms with van der Waals surface area (Å²) < 4.78 is 0.353.